The van der Waals surface area contributed by atoms with Crippen LogP contribution in [0.25, 0.3) is 17.2 Å². The van der Waals surface area contributed by atoms with Crippen LogP contribution in [0.5, 0.6) is 0 Å². The van der Waals surface area contributed by atoms with E-state index in [-0.39, 0.29) is 6.10 Å². The van der Waals surface area contributed by atoms with E-state index in [1.54, 1.807) is 30.7 Å². The van der Waals surface area contributed by atoms with Crippen LogP contribution in [0.3, 0.4) is 0 Å². The lowest BCUT2D eigenvalue weighted by atomic mass is 9.93. The number of aliphatic hydroxyl groups excluding tert-OH is 1. The average molecular weight is 334 g/mol. The highest BCUT2D eigenvalue weighted by Gasteiger charge is 2.19. The van der Waals surface area contributed by atoms with E-state index >= 15 is 0 Å². The Morgan fingerprint density at radius 3 is 2.80 bits per heavy atom. The number of nitrogens with zero attached hydrogens (tertiary/aromatic N) is 5. The summed E-state index contributed by atoms with van der Waals surface area (Å²) in [5, 5.41) is 22.1. The smallest absolute Gasteiger partial charge is 0.180 e. The number of pyridine rings is 1. The molecule has 0 aliphatic heterocycles. The van der Waals surface area contributed by atoms with Crippen molar-refractivity contribution < 1.29 is 5.11 Å². The van der Waals surface area contributed by atoms with Gasteiger partial charge in [-0.3, -0.25) is 4.40 Å². The van der Waals surface area contributed by atoms with Crippen molar-refractivity contribution in [3.8, 4) is 17.6 Å². The summed E-state index contributed by atoms with van der Waals surface area (Å²) >= 11 is 0. The van der Waals surface area contributed by atoms with Crippen LogP contribution in [0, 0.1) is 11.3 Å². The quantitative estimate of drug-likeness (QED) is 0.763. The van der Waals surface area contributed by atoms with Gasteiger partial charge in [-0.1, -0.05) is 0 Å². The van der Waals surface area contributed by atoms with E-state index in [1.165, 1.54) is 0 Å². The summed E-state index contributed by atoms with van der Waals surface area (Å²) in [6.45, 7) is 0. The molecule has 126 valence electrons. The molecule has 7 nitrogen and oxygen atoms in total. The largest absolute Gasteiger partial charge is 0.393 e. The van der Waals surface area contributed by atoms with Gasteiger partial charge in [-0.15, -0.1) is 0 Å². The number of nitriles is 1. The first-order chi connectivity index (χ1) is 12.2. The maximum absolute atomic E-state index is 9.62. The van der Waals surface area contributed by atoms with Crippen LogP contribution in [-0.4, -0.2) is 36.6 Å². The number of hydrogen-bond acceptors (Lipinski definition) is 6. The highest BCUT2D eigenvalue weighted by Crippen LogP contribution is 2.23. The molecule has 1 aliphatic carbocycles. The van der Waals surface area contributed by atoms with Gasteiger partial charge in [-0.25, -0.2) is 15.0 Å². The number of aliphatic hydroxyl groups is 1. The van der Waals surface area contributed by atoms with Crippen LogP contribution in [0.4, 0.5) is 5.82 Å². The van der Waals surface area contributed by atoms with Gasteiger partial charge in [0.25, 0.3) is 0 Å². The molecule has 0 amide bonds. The summed E-state index contributed by atoms with van der Waals surface area (Å²) in [6.07, 6.45) is 8.50. The van der Waals surface area contributed by atoms with E-state index in [0.29, 0.717) is 17.4 Å². The molecule has 4 rings (SSSR count). The Balaban J connectivity index is 1.62. The standard InChI is InChI=1S/C18H18N6O/c19-9-12-1-6-17-21-10-15(24(17)11-12)18-20-8-7-16(23-18)22-13-2-4-14(25)5-3-13/h1,6-8,10-11,13-14,25H,2-5H2,(H,20,22,23). The van der Waals surface area contributed by atoms with E-state index in [1.807, 2.05) is 10.5 Å². The molecule has 0 radical (unpaired) electrons. The summed E-state index contributed by atoms with van der Waals surface area (Å²) in [5.41, 5.74) is 2.05. The fraction of sp³-hybridized carbons (Fsp3) is 0.333. The van der Waals surface area contributed by atoms with E-state index in [9.17, 15) is 5.11 Å². The maximum atomic E-state index is 9.62. The molecule has 0 unspecified atom stereocenters. The van der Waals surface area contributed by atoms with Gasteiger partial charge in [0.2, 0.25) is 0 Å². The zero-order valence-electron chi connectivity index (χ0n) is 13.6. The molecule has 0 spiro atoms. The number of fused-ring (bicyclic) bond motifs is 1. The predicted molar refractivity (Wildman–Crippen MR) is 92.8 cm³/mol. The van der Waals surface area contributed by atoms with Crippen molar-refractivity contribution in [3.05, 3.63) is 42.4 Å². The van der Waals surface area contributed by atoms with Gasteiger partial charge in [0.05, 0.1) is 17.9 Å². The molecule has 3 aromatic heterocycles. The third-order valence-corrected chi connectivity index (χ3v) is 4.57. The van der Waals surface area contributed by atoms with Gasteiger partial charge >= 0.3 is 0 Å². The van der Waals surface area contributed by atoms with Gasteiger partial charge in [0.1, 0.15) is 23.2 Å². The van der Waals surface area contributed by atoms with Crippen molar-refractivity contribution in [1.29, 1.82) is 5.26 Å². The Hall–Kier alpha value is -2.98. The van der Waals surface area contributed by atoms with Crippen LogP contribution in [0.15, 0.2) is 36.8 Å². The lowest BCUT2D eigenvalue weighted by Gasteiger charge is -2.26. The molecule has 1 saturated carbocycles. The number of anilines is 1. The number of hydrogen-bond donors (Lipinski definition) is 2. The molecule has 3 heterocycles. The Labute approximate surface area is 145 Å². The lowest BCUT2D eigenvalue weighted by molar-refractivity contribution is 0.126. The van der Waals surface area contributed by atoms with Crippen LogP contribution < -0.4 is 5.32 Å². The van der Waals surface area contributed by atoms with Crippen LogP contribution in [0.1, 0.15) is 31.2 Å². The second-order valence-electron chi connectivity index (χ2n) is 6.32. The van der Waals surface area contributed by atoms with Crippen LogP contribution >= 0.6 is 0 Å². The van der Waals surface area contributed by atoms with E-state index < -0.39 is 0 Å². The molecular weight excluding hydrogens is 316 g/mol. The second-order valence-corrected chi connectivity index (χ2v) is 6.32. The normalized spacial score (nSPS) is 20.3. The summed E-state index contributed by atoms with van der Waals surface area (Å²) in [5.74, 6) is 1.32. The van der Waals surface area contributed by atoms with Gasteiger partial charge < -0.3 is 10.4 Å². The van der Waals surface area contributed by atoms with Gasteiger partial charge in [0.15, 0.2) is 5.82 Å². The third-order valence-electron chi connectivity index (χ3n) is 4.57. The average Bonchev–Trinajstić information content (AvgIpc) is 3.07. The van der Waals surface area contributed by atoms with Gasteiger partial charge in [0, 0.05) is 18.4 Å². The minimum atomic E-state index is -0.175. The first-order valence-corrected chi connectivity index (χ1v) is 8.38. The van der Waals surface area contributed by atoms with E-state index in [4.69, 9.17) is 5.26 Å². The molecule has 1 fully saturated rings. The molecule has 0 bridgehead atoms. The molecule has 2 N–H and O–H groups in total. The highest BCUT2D eigenvalue weighted by molar-refractivity contribution is 5.59. The molecule has 1 aliphatic rings. The van der Waals surface area contributed by atoms with Crippen molar-refractivity contribution in [2.75, 3.05) is 5.32 Å². The second kappa shape index (κ2) is 6.49. The molecule has 7 heteroatoms. The lowest BCUT2D eigenvalue weighted by Crippen LogP contribution is -2.28. The monoisotopic (exact) mass is 334 g/mol. The number of rotatable bonds is 3. The van der Waals surface area contributed by atoms with Crippen molar-refractivity contribution in [2.45, 2.75) is 37.8 Å². The molecular formula is C18H18N6O. The predicted octanol–water partition coefficient (Wildman–Crippen LogP) is 2.38. The van der Waals surface area contributed by atoms with Gasteiger partial charge in [-0.2, -0.15) is 5.26 Å². The number of imidazole rings is 1. The maximum Gasteiger partial charge on any atom is 0.180 e. The van der Waals surface area contributed by atoms with Crippen molar-refractivity contribution >= 4 is 11.5 Å². The zero-order valence-corrected chi connectivity index (χ0v) is 13.6. The SMILES string of the molecule is N#Cc1ccc2ncc(-c3nccc(NC4CCC(O)CC4)n3)n2c1. The Kier molecular flexibility index (Phi) is 4.04. The Bertz CT molecular complexity index is 936. The fourth-order valence-corrected chi connectivity index (χ4v) is 3.20. The van der Waals surface area contributed by atoms with Crippen molar-refractivity contribution in [1.82, 2.24) is 19.4 Å². The molecule has 0 aromatic carbocycles. The number of nitrogens with one attached hydrogen (secondary N) is 1. The molecule has 0 saturated heterocycles. The summed E-state index contributed by atoms with van der Waals surface area (Å²) in [6, 6.07) is 7.84. The minimum Gasteiger partial charge on any atom is -0.393 e. The molecule has 0 atom stereocenters. The minimum absolute atomic E-state index is 0.175. The van der Waals surface area contributed by atoms with E-state index in [2.05, 4.69) is 26.3 Å². The van der Waals surface area contributed by atoms with Crippen molar-refractivity contribution in [3.63, 3.8) is 0 Å². The first-order valence-electron chi connectivity index (χ1n) is 8.38. The van der Waals surface area contributed by atoms with Crippen LogP contribution in [0.2, 0.25) is 0 Å². The Morgan fingerprint density at radius 1 is 1.16 bits per heavy atom. The van der Waals surface area contributed by atoms with Crippen molar-refractivity contribution in [2.24, 2.45) is 0 Å². The highest BCUT2D eigenvalue weighted by atomic mass is 16.3. The topological polar surface area (TPSA) is 99.1 Å². The summed E-state index contributed by atoms with van der Waals surface area (Å²) in [7, 11) is 0. The molecule has 3 aromatic rings. The Morgan fingerprint density at radius 2 is 2.00 bits per heavy atom. The summed E-state index contributed by atoms with van der Waals surface area (Å²) in [4.78, 5) is 13.3. The first kappa shape index (κ1) is 15.5. The number of aromatic nitrogens is 4. The zero-order chi connectivity index (χ0) is 17.2. The van der Waals surface area contributed by atoms with E-state index in [0.717, 1.165) is 42.8 Å². The van der Waals surface area contributed by atoms with Crippen LogP contribution in [-0.2, 0) is 0 Å². The third kappa shape index (κ3) is 3.16. The van der Waals surface area contributed by atoms with Gasteiger partial charge in [-0.05, 0) is 43.9 Å². The fourth-order valence-electron chi connectivity index (χ4n) is 3.20. The summed E-state index contributed by atoms with van der Waals surface area (Å²) < 4.78 is 1.83. The molecule has 25 heavy (non-hydrogen) atoms.